The van der Waals surface area contributed by atoms with Crippen molar-refractivity contribution < 1.29 is 23.8 Å². The highest BCUT2D eigenvalue weighted by atomic mass is 16.5. The molecule has 1 amide bonds. The fraction of sp³-hybridized carbons (Fsp3) is 0.357. The summed E-state index contributed by atoms with van der Waals surface area (Å²) in [6.07, 6.45) is 0.704. The number of ether oxygens (including phenoxy) is 1. The zero-order chi connectivity index (χ0) is 25.3. The average Bonchev–Trinajstić information content (AvgIpc) is 3.38. The first-order chi connectivity index (χ1) is 16.7. The van der Waals surface area contributed by atoms with Crippen LogP contribution >= 0.6 is 0 Å². The van der Waals surface area contributed by atoms with Crippen LogP contribution in [0, 0.1) is 0 Å². The standard InChI is InChI=1S/C28H32N2O5/c1-17(2)18-10-12-19(13-11-18)24-23(26(32)28(33)30(24)15-7-14-29(3)4)25(31)22-16-20-8-6-9-21(34-5)27(20)35-22/h6,8-13,16-17,24,32H,7,14-15H2,1-5H3/t24-/m0/s1. The first kappa shape index (κ1) is 24.5. The second-order valence-corrected chi connectivity index (χ2v) is 9.46. The Labute approximate surface area is 205 Å². The molecule has 1 N–H and O–H groups in total. The molecule has 0 fully saturated rings. The smallest absolute Gasteiger partial charge is 0.290 e. The van der Waals surface area contributed by atoms with Crippen molar-refractivity contribution in [3.63, 3.8) is 0 Å². The van der Waals surface area contributed by atoms with Crippen molar-refractivity contribution in [1.82, 2.24) is 9.80 Å². The van der Waals surface area contributed by atoms with E-state index in [4.69, 9.17) is 9.15 Å². The van der Waals surface area contributed by atoms with Gasteiger partial charge < -0.3 is 24.1 Å². The van der Waals surface area contributed by atoms with Crippen LogP contribution in [0.4, 0.5) is 0 Å². The largest absolute Gasteiger partial charge is 0.503 e. The molecule has 0 bridgehead atoms. The summed E-state index contributed by atoms with van der Waals surface area (Å²) in [7, 11) is 5.47. The molecule has 0 saturated carbocycles. The Morgan fingerprint density at radius 1 is 1.17 bits per heavy atom. The third-order valence-electron chi connectivity index (χ3n) is 6.42. The number of aliphatic hydroxyl groups excluding tert-OH is 1. The number of carbonyl (C=O) groups excluding carboxylic acids is 2. The minimum atomic E-state index is -0.700. The summed E-state index contributed by atoms with van der Waals surface area (Å²) in [6, 6.07) is 14.2. The fourth-order valence-electron chi connectivity index (χ4n) is 4.52. The zero-order valence-electron chi connectivity index (χ0n) is 20.9. The number of nitrogens with zero attached hydrogens (tertiary/aromatic N) is 2. The van der Waals surface area contributed by atoms with Gasteiger partial charge in [0.05, 0.1) is 18.7 Å². The molecule has 3 aromatic rings. The maximum atomic E-state index is 13.7. The second-order valence-electron chi connectivity index (χ2n) is 9.46. The van der Waals surface area contributed by atoms with Crippen LogP contribution in [0.1, 0.15) is 53.9 Å². The number of hydrogen-bond donors (Lipinski definition) is 1. The van der Waals surface area contributed by atoms with E-state index in [0.29, 0.717) is 35.6 Å². The van der Waals surface area contributed by atoms with Gasteiger partial charge in [-0.1, -0.05) is 50.2 Å². The van der Waals surface area contributed by atoms with E-state index < -0.39 is 23.5 Å². The molecule has 0 radical (unpaired) electrons. The molecule has 7 nitrogen and oxygen atoms in total. The summed E-state index contributed by atoms with van der Waals surface area (Å²) in [6.45, 7) is 5.40. The lowest BCUT2D eigenvalue weighted by atomic mass is 9.93. The Hall–Kier alpha value is -3.58. The Balaban J connectivity index is 1.76. The van der Waals surface area contributed by atoms with Crippen LogP contribution < -0.4 is 4.74 Å². The molecule has 184 valence electrons. The number of para-hydroxylation sites is 1. The van der Waals surface area contributed by atoms with Crippen LogP contribution in [-0.4, -0.2) is 60.9 Å². The Kier molecular flexibility index (Phi) is 6.98. The van der Waals surface area contributed by atoms with Crippen LogP contribution in [0.5, 0.6) is 5.75 Å². The van der Waals surface area contributed by atoms with Gasteiger partial charge in [-0.2, -0.15) is 0 Å². The van der Waals surface area contributed by atoms with Gasteiger partial charge in [0.2, 0.25) is 5.78 Å². The number of hydrogen-bond acceptors (Lipinski definition) is 6. The molecular weight excluding hydrogens is 444 g/mol. The predicted octanol–water partition coefficient (Wildman–Crippen LogP) is 5.09. The molecule has 35 heavy (non-hydrogen) atoms. The van der Waals surface area contributed by atoms with Crippen molar-refractivity contribution in [3.05, 3.63) is 76.8 Å². The van der Waals surface area contributed by atoms with Gasteiger partial charge in [0.25, 0.3) is 5.91 Å². The van der Waals surface area contributed by atoms with E-state index in [0.717, 1.165) is 17.7 Å². The third-order valence-corrected chi connectivity index (χ3v) is 6.42. The maximum Gasteiger partial charge on any atom is 0.290 e. The SMILES string of the molecule is COc1cccc2cc(C(=O)C3=C(O)C(=O)N(CCCN(C)C)[C@H]3c3ccc(C(C)C)cc3)oc12. The van der Waals surface area contributed by atoms with Crippen molar-refractivity contribution in [2.45, 2.75) is 32.2 Å². The Morgan fingerprint density at radius 3 is 2.51 bits per heavy atom. The summed E-state index contributed by atoms with van der Waals surface area (Å²) < 4.78 is 11.2. The van der Waals surface area contributed by atoms with E-state index in [1.54, 1.807) is 17.0 Å². The molecule has 7 heteroatoms. The summed E-state index contributed by atoms with van der Waals surface area (Å²) in [4.78, 5) is 30.5. The van der Waals surface area contributed by atoms with E-state index in [1.165, 1.54) is 7.11 Å². The second kappa shape index (κ2) is 9.96. The number of rotatable bonds is 9. The minimum Gasteiger partial charge on any atom is -0.503 e. The molecule has 2 aromatic carbocycles. The number of aliphatic hydroxyl groups is 1. The summed E-state index contributed by atoms with van der Waals surface area (Å²) in [5.41, 5.74) is 2.41. The first-order valence-electron chi connectivity index (χ1n) is 11.8. The third kappa shape index (κ3) is 4.68. The lowest BCUT2D eigenvalue weighted by molar-refractivity contribution is -0.129. The van der Waals surface area contributed by atoms with E-state index in [-0.39, 0.29) is 11.3 Å². The molecule has 1 atom stereocenters. The van der Waals surface area contributed by atoms with Crippen molar-refractivity contribution in [3.8, 4) is 5.75 Å². The topological polar surface area (TPSA) is 83.2 Å². The molecule has 0 saturated heterocycles. The lowest BCUT2D eigenvalue weighted by Gasteiger charge is -2.27. The van der Waals surface area contributed by atoms with Crippen molar-refractivity contribution in [2.75, 3.05) is 34.3 Å². The van der Waals surface area contributed by atoms with E-state index in [2.05, 4.69) is 13.8 Å². The zero-order valence-corrected chi connectivity index (χ0v) is 20.9. The number of methoxy groups -OCH3 is 1. The molecular formula is C28H32N2O5. The van der Waals surface area contributed by atoms with Gasteiger partial charge in [-0.15, -0.1) is 0 Å². The Bertz CT molecular complexity index is 1270. The molecule has 2 heterocycles. The predicted molar refractivity (Wildman–Crippen MR) is 135 cm³/mol. The van der Waals surface area contributed by atoms with Crippen molar-refractivity contribution in [1.29, 1.82) is 0 Å². The molecule has 4 rings (SSSR count). The van der Waals surface area contributed by atoms with E-state index >= 15 is 0 Å². The van der Waals surface area contributed by atoms with Crippen LogP contribution in [0.3, 0.4) is 0 Å². The average molecular weight is 477 g/mol. The van der Waals surface area contributed by atoms with E-state index in [9.17, 15) is 14.7 Å². The van der Waals surface area contributed by atoms with Gasteiger partial charge >= 0.3 is 0 Å². The number of ketones is 1. The lowest BCUT2D eigenvalue weighted by Crippen LogP contribution is -2.33. The molecule has 0 unspecified atom stereocenters. The number of carbonyl (C=O) groups is 2. The number of fused-ring (bicyclic) bond motifs is 1. The van der Waals surface area contributed by atoms with Crippen molar-refractivity contribution in [2.24, 2.45) is 0 Å². The molecule has 0 aliphatic carbocycles. The highest BCUT2D eigenvalue weighted by Crippen LogP contribution is 2.40. The number of Topliss-reactive ketones (excluding diaryl/α,β-unsaturated/α-hetero) is 1. The fourth-order valence-corrected chi connectivity index (χ4v) is 4.52. The van der Waals surface area contributed by atoms with Gasteiger partial charge in [-0.3, -0.25) is 9.59 Å². The van der Waals surface area contributed by atoms with Gasteiger partial charge in [0.15, 0.2) is 22.9 Å². The van der Waals surface area contributed by atoms with Crippen LogP contribution in [-0.2, 0) is 4.79 Å². The summed E-state index contributed by atoms with van der Waals surface area (Å²) in [5, 5.41) is 11.6. The highest BCUT2D eigenvalue weighted by Gasteiger charge is 2.44. The van der Waals surface area contributed by atoms with E-state index in [1.807, 2.05) is 55.4 Å². The van der Waals surface area contributed by atoms with Gasteiger partial charge in [0.1, 0.15) is 0 Å². The van der Waals surface area contributed by atoms with Crippen LogP contribution in [0.25, 0.3) is 11.0 Å². The van der Waals surface area contributed by atoms with Crippen LogP contribution in [0.2, 0.25) is 0 Å². The molecule has 1 aliphatic rings. The number of furan rings is 1. The van der Waals surface area contributed by atoms with Gasteiger partial charge in [-0.05, 0) is 56.2 Å². The Morgan fingerprint density at radius 2 is 1.89 bits per heavy atom. The summed E-state index contributed by atoms with van der Waals surface area (Å²) in [5.74, 6) is -0.668. The number of amides is 1. The number of benzene rings is 2. The van der Waals surface area contributed by atoms with Gasteiger partial charge in [0, 0.05) is 11.9 Å². The molecule has 1 aliphatic heterocycles. The first-order valence-corrected chi connectivity index (χ1v) is 11.8. The quantitative estimate of drug-likeness (QED) is 0.433. The summed E-state index contributed by atoms with van der Waals surface area (Å²) >= 11 is 0. The highest BCUT2D eigenvalue weighted by molar-refractivity contribution is 6.16. The van der Waals surface area contributed by atoms with Gasteiger partial charge in [-0.25, -0.2) is 0 Å². The van der Waals surface area contributed by atoms with Crippen molar-refractivity contribution >= 4 is 22.7 Å². The van der Waals surface area contributed by atoms with Crippen LogP contribution in [0.15, 0.2) is 64.3 Å². The molecule has 0 spiro atoms. The molecule has 1 aromatic heterocycles. The maximum absolute atomic E-state index is 13.7. The normalized spacial score (nSPS) is 16.3. The minimum absolute atomic E-state index is 0.0372. The monoisotopic (exact) mass is 476 g/mol.